The Morgan fingerprint density at radius 1 is 0.905 bits per heavy atom. The number of nitrogens with two attached hydrogens (primary N) is 1. The summed E-state index contributed by atoms with van der Waals surface area (Å²) in [5.41, 5.74) is 8.81. The maximum absolute atomic E-state index is 14.6. The quantitative estimate of drug-likeness (QED) is 0.0868. The van der Waals surface area contributed by atoms with Gasteiger partial charge in [0.05, 0.1) is 48.7 Å². The summed E-state index contributed by atoms with van der Waals surface area (Å²) < 4.78 is 12.2. The number of carbonyl (C=O) groups is 4. The number of nitrogens with one attached hydrogen (secondary N) is 2. The number of likely N-dealkylation sites (N-methyl/N-ethyl adjacent to an activating group) is 2. The van der Waals surface area contributed by atoms with Crippen molar-refractivity contribution in [1.29, 1.82) is 0 Å². The van der Waals surface area contributed by atoms with Gasteiger partial charge in [-0.3, -0.25) is 24.1 Å². The molecule has 348 valence electrons. The van der Waals surface area contributed by atoms with Gasteiger partial charge in [-0.1, -0.05) is 97.4 Å². The molecule has 1 aliphatic heterocycles. The number of benzene rings is 2. The standard InChI is InChI=1S/C49H75N7O6S/c1-12-33(6)44(55(9)49(60)42(31(2)3)53-47(59)43(32(4)5)54(8)27-24-35-20-22-37(50)23-21-35)40(61-10)30-41(57)56-26-16-19-39(56)45(62-11)34(7)46(58)52-38(48-51-25-28-63-48)29-36-17-14-13-15-18-36/h13-15,17-18,20-23,25,28,31-34,38-40,42-45H,12,16,19,24,26-27,29-30,50H2,1-11H3,(H,52,58)(H,53,59)/t33-,34+,38-,39-,40+,42-,43-,44-,45+/m0/s1. The molecule has 4 N–H and O–H groups in total. The average Bonchev–Trinajstić information content (AvgIpc) is 3.99. The average molecular weight is 890 g/mol. The number of ether oxygens (including phenoxy) is 2. The molecule has 3 aromatic rings. The highest BCUT2D eigenvalue weighted by Crippen LogP contribution is 2.31. The lowest BCUT2D eigenvalue weighted by Gasteiger charge is -2.41. The second-order valence-corrected chi connectivity index (χ2v) is 19.0. The summed E-state index contributed by atoms with van der Waals surface area (Å²) in [7, 11) is 6.89. The largest absolute Gasteiger partial charge is 0.399 e. The highest BCUT2D eigenvalue weighted by Gasteiger charge is 2.43. The lowest BCUT2D eigenvalue weighted by atomic mass is 9.89. The number of hydrogen-bond acceptors (Lipinski definition) is 10. The van der Waals surface area contributed by atoms with Crippen LogP contribution in [0.2, 0.25) is 0 Å². The predicted molar refractivity (Wildman–Crippen MR) is 252 cm³/mol. The number of methoxy groups -OCH3 is 2. The summed E-state index contributed by atoms with van der Waals surface area (Å²) >= 11 is 1.50. The topological polar surface area (TPSA) is 159 Å². The summed E-state index contributed by atoms with van der Waals surface area (Å²) in [6.07, 6.45) is 4.14. The SMILES string of the molecule is CC[C@H](C)[C@@H]([C@@H](CC(=O)N1CCC[C@H]1[C@H](OC)[C@@H](C)C(=O)N[C@@H](Cc1ccccc1)c1nccs1)OC)N(C)C(=O)[C@@H](NC(=O)[C@H](C(C)C)N(C)CCc1ccc(N)cc1)C(C)C. The van der Waals surface area contributed by atoms with Gasteiger partial charge in [-0.05, 0) is 73.7 Å². The molecule has 4 rings (SSSR count). The van der Waals surface area contributed by atoms with E-state index in [0.29, 0.717) is 31.6 Å². The fourth-order valence-electron chi connectivity index (χ4n) is 9.18. The van der Waals surface area contributed by atoms with Crippen LogP contribution in [-0.4, -0.2) is 121 Å². The molecule has 1 aromatic heterocycles. The van der Waals surface area contributed by atoms with E-state index < -0.39 is 36.3 Å². The number of aromatic nitrogens is 1. The number of likely N-dealkylation sites (tertiary alicyclic amines) is 1. The number of nitrogen functional groups attached to an aromatic ring is 1. The second-order valence-electron chi connectivity index (χ2n) is 18.1. The fraction of sp³-hybridized carbons (Fsp3) is 0.612. The Labute approximate surface area is 380 Å². The maximum atomic E-state index is 14.6. The van der Waals surface area contributed by atoms with Gasteiger partial charge in [0, 0.05) is 51.6 Å². The first-order chi connectivity index (χ1) is 30.0. The fourth-order valence-corrected chi connectivity index (χ4v) is 9.87. The third-order valence-corrected chi connectivity index (χ3v) is 13.8. The van der Waals surface area contributed by atoms with Crippen LogP contribution in [0, 0.1) is 23.7 Å². The number of carbonyl (C=O) groups excluding carboxylic acids is 4. The van der Waals surface area contributed by atoms with Gasteiger partial charge >= 0.3 is 0 Å². The number of anilines is 1. The van der Waals surface area contributed by atoms with Crippen LogP contribution in [0.1, 0.15) is 96.3 Å². The second kappa shape index (κ2) is 24.6. The summed E-state index contributed by atoms with van der Waals surface area (Å²) in [5, 5.41) is 9.12. The normalized spacial score (nSPS) is 18.1. The van der Waals surface area contributed by atoms with E-state index in [4.69, 9.17) is 15.2 Å². The third kappa shape index (κ3) is 13.8. The summed E-state index contributed by atoms with van der Waals surface area (Å²) in [4.78, 5) is 67.2. The lowest BCUT2D eigenvalue weighted by Crippen LogP contribution is -2.60. The molecule has 13 nitrogen and oxygen atoms in total. The first kappa shape index (κ1) is 51.3. The van der Waals surface area contributed by atoms with Gasteiger partial charge in [0.1, 0.15) is 11.0 Å². The van der Waals surface area contributed by atoms with Gasteiger partial charge in [-0.2, -0.15) is 0 Å². The molecule has 2 heterocycles. The van der Waals surface area contributed by atoms with Gasteiger partial charge in [-0.25, -0.2) is 4.98 Å². The van der Waals surface area contributed by atoms with Crippen LogP contribution in [-0.2, 0) is 41.5 Å². The molecule has 1 saturated heterocycles. The third-order valence-electron chi connectivity index (χ3n) is 12.9. The first-order valence-electron chi connectivity index (χ1n) is 22.7. The number of thiazole rings is 1. The van der Waals surface area contributed by atoms with Crippen molar-refractivity contribution in [2.24, 2.45) is 23.7 Å². The van der Waals surface area contributed by atoms with Crippen LogP contribution in [0.15, 0.2) is 66.2 Å². The molecule has 0 saturated carbocycles. The van der Waals surface area contributed by atoms with Gasteiger partial charge in [0.15, 0.2) is 0 Å². The van der Waals surface area contributed by atoms with Crippen molar-refractivity contribution in [2.45, 2.75) is 129 Å². The number of rotatable bonds is 24. The predicted octanol–water partition coefficient (Wildman–Crippen LogP) is 6.39. The molecule has 1 aliphatic rings. The van der Waals surface area contributed by atoms with Crippen molar-refractivity contribution in [2.75, 3.05) is 47.1 Å². The number of nitrogens with zero attached hydrogens (tertiary/aromatic N) is 4. The van der Waals surface area contributed by atoms with E-state index in [-0.39, 0.29) is 59.9 Å². The molecule has 0 spiro atoms. The van der Waals surface area contributed by atoms with Crippen LogP contribution in [0.3, 0.4) is 0 Å². The summed E-state index contributed by atoms with van der Waals surface area (Å²) in [5.74, 6) is -1.53. The van der Waals surface area contributed by atoms with E-state index in [1.54, 1.807) is 32.4 Å². The zero-order valence-corrected chi connectivity index (χ0v) is 40.4. The Morgan fingerprint density at radius 2 is 1.59 bits per heavy atom. The van der Waals surface area contributed by atoms with Crippen LogP contribution >= 0.6 is 11.3 Å². The van der Waals surface area contributed by atoms with Crippen LogP contribution in [0.4, 0.5) is 5.69 Å². The van der Waals surface area contributed by atoms with Crippen molar-refractivity contribution in [3.63, 3.8) is 0 Å². The van der Waals surface area contributed by atoms with Crippen molar-refractivity contribution >= 4 is 40.7 Å². The van der Waals surface area contributed by atoms with E-state index in [1.807, 2.05) is 107 Å². The minimum absolute atomic E-state index is 0.0108. The molecule has 4 amide bonds. The van der Waals surface area contributed by atoms with Crippen molar-refractivity contribution in [1.82, 2.24) is 30.3 Å². The molecule has 2 aromatic carbocycles. The van der Waals surface area contributed by atoms with E-state index >= 15 is 0 Å². The monoisotopic (exact) mass is 890 g/mol. The zero-order chi connectivity index (χ0) is 46.4. The Hall–Kier alpha value is -4.37. The number of hydrogen-bond donors (Lipinski definition) is 3. The maximum Gasteiger partial charge on any atom is 0.245 e. The van der Waals surface area contributed by atoms with Crippen molar-refractivity contribution < 1.29 is 28.7 Å². The Morgan fingerprint density at radius 3 is 2.16 bits per heavy atom. The molecule has 63 heavy (non-hydrogen) atoms. The minimum Gasteiger partial charge on any atom is -0.399 e. The summed E-state index contributed by atoms with van der Waals surface area (Å²) in [6, 6.07) is 15.4. The Bertz CT molecular complexity index is 1860. The molecule has 0 bridgehead atoms. The molecule has 0 unspecified atom stereocenters. The van der Waals surface area contributed by atoms with Gasteiger partial charge < -0.3 is 35.6 Å². The Kier molecular flexibility index (Phi) is 20.0. The highest BCUT2D eigenvalue weighted by atomic mass is 32.1. The van der Waals surface area contributed by atoms with Gasteiger partial charge in [0.2, 0.25) is 23.6 Å². The Balaban J connectivity index is 1.47. The van der Waals surface area contributed by atoms with Crippen molar-refractivity contribution in [3.05, 3.63) is 82.3 Å². The molecule has 1 fully saturated rings. The molecule has 14 heteroatoms. The van der Waals surface area contributed by atoms with E-state index in [1.165, 1.54) is 11.3 Å². The molecule has 0 aliphatic carbocycles. The van der Waals surface area contributed by atoms with Crippen LogP contribution in [0.5, 0.6) is 0 Å². The van der Waals surface area contributed by atoms with Crippen LogP contribution < -0.4 is 16.4 Å². The van der Waals surface area contributed by atoms with Gasteiger partial charge in [-0.15, -0.1) is 11.3 Å². The minimum atomic E-state index is -0.796. The molecule has 0 radical (unpaired) electrons. The molecular formula is C49H75N7O6S. The zero-order valence-electron chi connectivity index (χ0n) is 39.6. The number of amides is 4. The molecule has 9 atom stereocenters. The lowest BCUT2D eigenvalue weighted by molar-refractivity contribution is -0.148. The highest BCUT2D eigenvalue weighted by molar-refractivity contribution is 7.09. The summed E-state index contributed by atoms with van der Waals surface area (Å²) in [6.45, 7) is 15.1. The van der Waals surface area contributed by atoms with E-state index in [0.717, 1.165) is 35.4 Å². The first-order valence-corrected chi connectivity index (χ1v) is 23.6. The van der Waals surface area contributed by atoms with E-state index in [9.17, 15) is 19.2 Å². The van der Waals surface area contributed by atoms with Gasteiger partial charge in [0.25, 0.3) is 0 Å². The molecular weight excluding hydrogens is 815 g/mol. The van der Waals surface area contributed by atoms with Crippen molar-refractivity contribution in [3.8, 4) is 0 Å². The van der Waals surface area contributed by atoms with E-state index in [2.05, 4.69) is 34.4 Å². The van der Waals surface area contributed by atoms with Crippen LogP contribution in [0.25, 0.3) is 0 Å². The smallest absolute Gasteiger partial charge is 0.245 e.